The number of hydrogen-bond acceptors (Lipinski definition) is 4. The van der Waals surface area contributed by atoms with Crippen molar-refractivity contribution >= 4 is 17.4 Å². The molecule has 3 heterocycles. The molecule has 2 aromatic heterocycles. The van der Waals surface area contributed by atoms with Gasteiger partial charge in [-0.25, -0.2) is 4.98 Å². The van der Waals surface area contributed by atoms with Crippen molar-refractivity contribution in [1.82, 2.24) is 14.5 Å². The minimum atomic E-state index is 0.704. The zero-order valence-electron chi connectivity index (χ0n) is 10.1. The number of thioether (sulfide) groups is 1. The van der Waals surface area contributed by atoms with Crippen LogP contribution in [0.4, 0.5) is 5.69 Å². The smallest absolute Gasteiger partial charge is 0.0951 e. The average molecular weight is 260 g/mol. The third-order valence-electron chi connectivity index (χ3n) is 3.27. The Labute approximate surface area is 111 Å². The van der Waals surface area contributed by atoms with Gasteiger partial charge >= 0.3 is 0 Å². The number of aromatic nitrogens is 3. The van der Waals surface area contributed by atoms with E-state index < -0.39 is 0 Å². The highest BCUT2D eigenvalue weighted by atomic mass is 32.2. The van der Waals surface area contributed by atoms with Gasteiger partial charge in [0.2, 0.25) is 0 Å². The molecular formula is C13H16N4S. The van der Waals surface area contributed by atoms with Gasteiger partial charge in [0.05, 0.1) is 18.2 Å². The molecule has 1 atom stereocenters. The van der Waals surface area contributed by atoms with Crippen molar-refractivity contribution in [3.63, 3.8) is 0 Å². The number of imidazole rings is 1. The van der Waals surface area contributed by atoms with Crippen molar-refractivity contribution in [1.29, 1.82) is 0 Å². The van der Waals surface area contributed by atoms with Gasteiger partial charge in [-0.2, -0.15) is 11.8 Å². The Hall–Kier alpha value is -1.49. The van der Waals surface area contributed by atoms with Gasteiger partial charge in [-0.05, 0) is 24.7 Å². The molecule has 2 N–H and O–H groups in total. The van der Waals surface area contributed by atoms with Crippen molar-refractivity contribution in [2.75, 3.05) is 11.5 Å². The highest BCUT2D eigenvalue weighted by Crippen LogP contribution is 2.30. The van der Waals surface area contributed by atoms with Crippen molar-refractivity contribution in [3.05, 3.63) is 31.0 Å². The topological polar surface area (TPSA) is 56.7 Å². The number of nitrogen functional groups attached to an aromatic ring is 1. The zero-order chi connectivity index (χ0) is 12.4. The highest BCUT2D eigenvalue weighted by Gasteiger charge is 2.18. The highest BCUT2D eigenvalue weighted by molar-refractivity contribution is 8.00. The summed E-state index contributed by atoms with van der Waals surface area (Å²) < 4.78 is 2.19. The second-order valence-corrected chi connectivity index (χ2v) is 5.94. The molecule has 3 rings (SSSR count). The van der Waals surface area contributed by atoms with Crippen LogP contribution in [-0.4, -0.2) is 25.5 Å². The lowest BCUT2D eigenvalue weighted by Crippen LogP contribution is -2.10. The van der Waals surface area contributed by atoms with E-state index in [1.54, 1.807) is 6.20 Å². The van der Waals surface area contributed by atoms with E-state index in [-0.39, 0.29) is 0 Å². The maximum atomic E-state index is 6.00. The number of pyridine rings is 1. The second kappa shape index (κ2) is 5.02. The first kappa shape index (κ1) is 11.6. The Morgan fingerprint density at radius 2 is 2.33 bits per heavy atom. The SMILES string of the molecule is Nc1ccncc1-c1cncn1CC1CCCS1. The number of anilines is 1. The van der Waals surface area contributed by atoms with Crippen LogP contribution in [0.2, 0.25) is 0 Å². The molecule has 4 nitrogen and oxygen atoms in total. The lowest BCUT2D eigenvalue weighted by atomic mass is 10.2. The van der Waals surface area contributed by atoms with Gasteiger partial charge < -0.3 is 10.3 Å². The summed E-state index contributed by atoms with van der Waals surface area (Å²) >= 11 is 2.05. The van der Waals surface area contributed by atoms with Gasteiger partial charge in [-0.3, -0.25) is 4.98 Å². The van der Waals surface area contributed by atoms with Crippen LogP contribution in [0.15, 0.2) is 31.0 Å². The summed E-state index contributed by atoms with van der Waals surface area (Å²) in [7, 11) is 0. The molecular weight excluding hydrogens is 244 g/mol. The Balaban J connectivity index is 1.89. The molecule has 2 aromatic rings. The molecule has 0 amide bonds. The quantitative estimate of drug-likeness (QED) is 0.921. The molecule has 0 bridgehead atoms. The summed E-state index contributed by atoms with van der Waals surface area (Å²) in [6.45, 7) is 1.01. The van der Waals surface area contributed by atoms with Gasteiger partial charge in [0.1, 0.15) is 0 Å². The van der Waals surface area contributed by atoms with Gasteiger partial charge in [-0.15, -0.1) is 0 Å². The predicted octanol–water partition coefficient (Wildman–Crippen LogP) is 2.42. The van der Waals surface area contributed by atoms with E-state index >= 15 is 0 Å². The summed E-state index contributed by atoms with van der Waals surface area (Å²) in [5.74, 6) is 1.28. The van der Waals surface area contributed by atoms with Gasteiger partial charge in [0.15, 0.2) is 0 Å². The molecule has 0 radical (unpaired) electrons. The lowest BCUT2D eigenvalue weighted by Gasteiger charge is -2.13. The van der Waals surface area contributed by atoms with Crippen LogP contribution in [0.5, 0.6) is 0 Å². The van der Waals surface area contributed by atoms with Gasteiger partial charge in [0.25, 0.3) is 0 Å². The minimum absolute atomic E-state index is 0.704. The van der Waals surface area contributed by atoms with Crippen molar-refractivity contribution < 1.29 is 0 Å². The van der Waals surface area contributed by atoms with Crippen LogP contribution in [0.3, 0.4) is 0 Å². The zero-order valence-corrected chi connectivity index (χ0v) is 10.9. The van der Waals surface area contributed by atoms with Crippen molar-refractivity contribution in [2.45, 2.75) is 24.6 Å². The average Bonchev–Trinajstić information content (AvgIpc) is 3.02. The standard InChI is InChI=1S/C13H16N4S/c14-12-3-4-15-6-11(12)13-7-16-9-17(13)8-10-2-1-5-18-10/h3-4,6-7,9-10H,1-2,5,8H2,(H2,14,15). The third-order valence-corrected chi connectivity index (χ3v) is 4.65. The Morgan fingerprint density at radius 3 is 3.11 bits per heavy atom. The fraction of sp³-hybridized carbons (Fsp3) is 0.385. The first-order valence-corrected chi connectivity index (χ1v) is 7.21. The predicted molar refractivity (Wildman–Crippen MR) is 75.4 cm³/mol. The van der Waals surface area contributed by atoms with Crippen LogP contribution in [0, 0.1) is 0 Å². The third kappa shape index (κ3) is 2.22. The molecule has 1 aliphatic heterocycles. The van der Waals surface area contributed by atoms with Crippen LogP contribution < -0.4 is 5.73 Å². The van der Waals surface area contributed by atoms with Gasteiger partial charge in [0, 0.05) is 35.4 Å². The summed E-state index contributed by atoms with van der Waals surface area (Å²) in [6, 6.07) is 1.83. The number of hydrogen-bond donors (Lipinski definition) is 1. The van der Waals surface area contributed by atoms with E-state index in [9.17, 15) is 0 Å². The Bertz CT molecular complexity index is 531. The normalized spacial score (nSPS) is 19.2. The molecule has 5 heteroatoms. The number of rotatable bonds is 3. The van der Waals surface area contributed by atoms with E-state index in [1.807, 2.05) is 24.8 Å². The molecule has 0 spiro atoms. The monoisotopic (exact) mass is 260 g/mol. The summed E-state index contributed by atoms with van der Waals surface area (Å²) in [6.07, 6.45) is 9.91. The molecule has 0 saturated carbocycles. The first-order valence-electron chi connectivity index (χ1n) is 6.16. The summed E-state index contributed by atoms with van der Waals surface area (Å²) in [4.78, 5) is 8.40. The molecule has 0 aromatic carbocycles. The fourth-order valence-electron chi connectivity index (χ4n) is 2.32. The largest absolute Gasteiger partial charge is 0.398 e. The van der Waals surface area contributed by atoms with E-state index in [0.29, 0.717) is 5.25 Å². The molecule has 1 aliphatic rings. The van der Waals surface area contributed by atoms with Crippen LogP contribution >= 0.6 is 11.8 Å². The second-order valence-electron chi connectivity index (χ2n) is 4.53. The maximum Gasteiger partial charge on any atom is 0.0951 e. The lowest BCUT2D eigenvalue weighted by molar-refractivity contribution is 0.642. The molecule has 1 saturated heterocycles. The first-order chi connectivity index (χ1) is 8.84. The van der Waals surface area contributed by atoms with Crippen LogP contribution in [0.25, 0.3) is 11.3 Å². The fourth-order valence-corrected chi connectivity index (χ4v) is 3.58. The van der Waals surface area contributed by atoms with E-state index in [0.717, 1.165) is 23.5 Å². The molecule has 1 unspecified atom stereocenters. The Kier molecular flexibility index (Phi) is 3.23. The summed E-state index contributed by atoms with van der Waals surface area (Å²) in [5.41, 5.74) is 8.79. The van der Waals surface area contributed by atoms with Gasteiger partial charge in [-0.1, -0.05) is 0 Å². The minimum Gasteiger partial charge on any atom is -0.398 e. The van der Waals surface area contributed by atoms with E-state index in [2.05, 4.69) is 26.3 Å². The van der Waals surface area contributed by atoms with Crippen LogP contribution in [0.1, 0.15) is 12.8 Å². The molecule has 0 aliphatic carbocycles. The van der Waals surface area contributed by atoms with Crippen molar-refractivity contribution in [2.24, 2.45) is 0 Å². The Morgan fingerprint density at radius 1 is 1.39 bits per heavy atom. The number of nitrogens with two attached hydrogens (primary N) is 1. The molecule has 18 heavy (non-hydrogen) atoms. The van der Waals surface area contributed by atoms with Crippen LogP contribution in [-0.2, 0) is 6.54 Å². The number of nitrogens with zero attached hydrogens (tertiary/aromatic N) is 3. The van der Waals surface area contributed by atoms with E-state index in [1.165, 1.54) is 18.6 Å². The van der Waals surface area contributed by atoms with Crippen molar-refractivity contribution in [3.8, 4) is 11.3 Å². The molecule has 1 fully saturated rings. The molecule has 94 valence electrons. The maximum absolute atomic E-state index is 6.00. The summed E-state index contributed by atoms with van der Waals surface area (Å²) in [5, 5.41) is 0.704. The van der Waals surface area contributed by atoms with E-state index in [4.69, 9.17) is 5.73 Å².